The second-order valence-electron chi connectivity index (χ2n) is 3.40. The van der Waals surface area contributed by atoms with Gasteiger partial charge in [-0.15, -0.1) is 0 Å². The Bertz CT molecular complexity index is 170. The van der Waals surface area contributed by atoms with Gasteiger partial charge < -0.3 is 9.59 Å². The molecule has 0 N–H and O–H groups in total. The number of nitrogens with zero attached hydrogens (tertiary/aromatic N) is 1. The van der Waals surface area contributed by atoms with Gasteiger partial charge in [0.1, 0.15) is 12.6 Å². The Labute approximate surface area is 72.7 Å². The first-order valence-corrected chi connectivity index (χ1v) is 4.38. The van der Waals surface area contributed by atoms with Crippen molar-refractivity contribution in [1.82, 2.24) is 4.90 Å². The highest BCUT2D eigenvalue weighted by Crippen LogP contribution is 2.24. The van der Waals surface area contributed by atoms with Crippen LogP contribution in [0, 0.1) is 5.92 Å². The number of aldehydes is 2. The molecule has 2 atom stereocenters. The highest BCUT2D eigenvalue weighted by molar-refractivity contribution is 5.59. The Morgan fingerprint density at radius 2 is 2.25 bits per heavy atom. The largest absolute Gasteiger partial charge is 0.303 e. The van der Waals surface area contributed by atoms with E-state index in [-0.39, 0.29) is 6.04 Å². The maximum absolute atomic E-state index is 10.7. The van der Waals surface area contributed by atoms with Crippen LogP contribution in [0.4, 0.5) is 0 Å². The Morgan fingerprint density at radius 1 is 1.50 bits per heavy atom. The number of hydrogen-bond acceptors (Lipinski definition) is 3. The van der Waals surface area contributed by atoms with E-state index in [9.17, 15) is 9.59 Å². The second-order valence-corrected chi connectivity index (χ2v) is 3.40. The Kier molecular flexibility index (Phi) is 3.41. The zero-order valence-corrected chi connectivity index (χ0v) is 7.40. The van der Waals surface area contributed by atoms with Crippen LogP contribution in [-0.2, 0) is 9.59 Å². The Hall–Kier alpha value is -0.700. The smallest absolute Gasteiger partial charge is 0.137 e. The molecule has 1 rings (SSSR count). The van der Waals surface area contributed by atoms with Crippen molar-refractivity contribution in [3.05, 3.63) is 0 Å². The van der Waals surface area contributed by atoms with E-state index < -0.39 is 0 Å². The first-order valence-electron chi connectivity index (χ1n) is 4.38. The van der Waals surface area contributed by atoms with Crippen molar-refractivity contribution < 1.29 is 9.59 Å². The lowest BCUT2D eigenvalue weighted by Gasteiger charge is -2.17. The first kappa shape index (κ1) is 9.39. The number of hydrogen-bond donors (Lipinski definition) is 0. The van der Waals surface area contributed by atoms with E-state index in [2.05, 4.69) is 4.90 Å². The van der Waals surface area contributed by atoms with Crippen molar-refractivity contribution in [2.75, 3.05) is 13.6 Å². The minimum absolute atomic E-state index is 0.0462. The van der Waals surface area contributed by atoms with Crippen LogP contribution in [0.3, 0.4) is 0 Å². The second kappa shape index (κ2) is 4.36. The van der Waals surface area contributed by atoms with E-state index in [0.717, 1.165) is 32.0 Å². The number of rotatable bonds is 4. The van der Waals surface area contributed by atoms with E-state index in [4.69, 9.17) is 0 Å². The van der Waals surface area contributed by atoms with Crippen LogP contribution in [-0.4, -0.2) is 37.1 Å². The molecule has 3 heteroatoms. The van der Waals surface area contributed by atoms with E-state index in [0.29, 0.717) is 12.3 Å². The third kappa shape index (κ3) is 1.91. The topological polar surface area (TPSA) is 37.4 Å². The molecule has 1 heterocycles. The van der Waals surface area contributed by atoms with Gasteiger partial charge in [0.05, 0.1) is 6.04 Å². The molecule has 12 heavy (non-hydrogen) atoms. The van der Waals surface area contributed by atoms with E-state index in [1.165, 1.54) is 0 Å². The molecule has 1 fully saturated rings. The molecule has 1 aliphatic rings. The molecule has 0 aromatic rings. The normalized spacial score (nSPS) is 30.4. The van der Waals surface area contributed by atoms with Gasteiger partial charge in [-0.1, -0.05) is 0 Å². The molecule has 0 aromatic heterocycles. The van der Waals surface area contributed by atoms with E-state index in [1.54, 1.807) is 0 Å². The van der Waals surface area contributed by atoms with Crippen molar-refractivity contribution >= 4 is 12.6 Å². The number of likely N-dealkylation sites (tertiary alicyclic amines) is 1. The lowest BCUT2D eigenvalue weighted by molar-refractivity contribution is -0.113. The van der Waals surface area contributed by atoms with Crippen molar-refractivity contribution in [2.45, 2.75) is 25.3 Å². The molecule has 68 valence electrons. The van der Waals surface area contributed by atoms with Crippen LogP contribution < -0.4 is 0 Å². The number of likely N-dealkylation sites (N-methyl/N-ethyl adjacent to an activating group) is 1. The van der Waals surface area contributed by atoms with Crippen molar-refractivity contribution in [3.8, 4) is 0 Å². The van der Waals surface area contributed by atoms with Gasteiger partial charge in [0.2, 0.25) is 0 Å². The Morgan fingerprint density at radius 3 is 2.83 bits per heavy atom. The summed E-state index contributed by atoms with van der Waals surface area (Å²) in [5.74, 6) is 0.401. The highest BCUT2D eigenvalue weighted by atomic mass is 16.1. The van der Waals surface area contributed by atoms with E-state index in [1.807, 2.05) is 7.05 Å². The maximum Gasteiger partial charge on any atom is 0.137 e. The summed E-state index contributed by atoms with van der Waals surface area (Å²) >= 11 is 0. The predicted molar refractivity (Wildman–Crippen MR) is 45.9 cm³/mol. The average Bonchev–Trinajstić information content (AvgIpc) is 2.43. The van der Waals surface area contributed by atoms with Crippen LogP contribution >= 0.6 is 0 Å². The molecule has 0 bridgehead atoms. The lowest BCUT2D eigenvalue weighted by Crippen LogP contribution is -2.30. The summed E-state index contributed by atoms with van der Waals surface area (Å²) in [6, 6.07) is 0.0462. The van der Waals surface area contributed by atoms with Crippen LogP contribution in [0.15, 0.2) is 0 Å². The quantitative estimate of drug-likeness (QED) is 0.575. The zero-order valence-electron chi connectivity index (χ0n) is 7.40. The van der Waals surface area contributed by atoms with Gasteiger partial charge in [-0.3, -0.25) is 4.90 Å². The molecule has 0 saturated carbocycles. The van der Waals surface area contributed by atoms with Gasteiger partial charge in [0.25, 0.3) is 0 Å². The molecule has 2 unspecified atom stereocenters. The molecule has 0 spiro atoms. The van der Waals surface area contributed by atoms with Gasteiger partial charge in [0, 0.05) is 6.42 Å². The summed E-state index contributed by atoms with van der Waals surface area (Å²) in [5, 5.41) is 0. The third-order valence-corrected chi connectivity index (χ3v) is 2.64. The van der Waals surface area contributed by atoms with Crippen LogP contribution in [0.25, 0.3) is 0 Å². The predicted octanol–water partition coefficient (Wildman–Crippen LogP) is 0.485. The van der Waals surface area contributed by atoms with Gasteiger partial charge in [0.15, 0.2) is 0 Å². The zero-order chi connectivity index (χ0) is 8.97. The minimum atomic E-state index is 0.0462. The first-order chi connectivity index (χ1) is 5.79. The van der Waals surface area contributed by atoms with Crippen molar-refractivity contribution in [2.24, 2.45) is 5.92 Å². The monoisotopic (exact) mass is 169 g/mol. The van der Waals surface area contributed by atoms with Gasteiger partial charge in [-0.2, -0.15) is 0 Å². The Balaban J connectivity index is 2.42. The summed E-state index contributed by atoms with van der Waals surface area (Å²) < 4.78 is 0. The fraction of sp³-hybridized carbons (Fsp3) is 0.778. The summed E-state index contributed by atoms with van der Waals surface area (Å²) in [5.41, 5.74) is 0. The lowest BCUT2D eigenvalue weighted by atomic mass is 9.96. The van der Waals surface area contributed by atoms with Gasteiger partial charge in [-0.05, 0) is 32.4 Å². The van der Waals surface area contributed by atoms with E-state index >= 15 is 0 Å². The number of carbonyl (C=O) groups excluding carboxylic acids is 2. The van der Waals surface area contributed by atoms with Crippen molar-refractivity contribution in [1.29, 1.82) is 0 Å². The van der Waals surface area contributed by atoms with Crippen molar-refractivity contribution in [3.63, 3.8) is 0 Å². The summed E-state index contributed by atoms with van der Waals surface area (Å²) in [6.45, 7) is 0.979. The summed E-state index contributed by atoms with van der Waals surface area (Å²) in [7, 11) is 1.96. The van der Waals surface area contributed by atoms with Crippen LogP contribution in [0.2, 0.25) is 0 Å². The summed E-state index contributed by atoms with van der Waals surface area (Å²) in [6.07, 6.45) is 4.43. The highest BCUT2D eigenvalue weighted by Gasteiger charge is 2.30. The third-order valence-electron chi connectivity index (χ3n) is 2.64. The number of carbonyl (C=O) groups is 2. The molecule has 0 aliphatic carbocycles. The van der Waals surface area contributed by atoms with Gasteiger partial charge >= 0.3 is 0 Å². The molecular weight excluding hydrogens is 154 g/mol. The summed E-state index contributed by atoms with van der Waals surface area (Å²) in [4.78, 5) is 22.9. The molecule has 1 aliphatic heterocycles. The molecule has 0 amide bonds. The molecule has 1 saturated heterocycles. The van der Waals surface area contributed by atoms with Crippen LogP contribution in [0.1, 0.15) is 19.3 Å². The average molecular weight is 169 g/mol. The SMILES string of the molecule is CN1CCC(CCC=O)C1C=O. The maximum atomic E-state index is 10.7. The fourth-order valence-electron chi connectivity index (χ4n) is 1.86. The molecule has 0 aromatic carbocycles. The van der Waals surface area contributed by atoms with Gasteiger partial charge in [-0.25, -0.2) is 0 Å². The fourth-order valence-corrected chi connectivity index (χ4v) is 1.86. The molecule has 0 radical (unpaired) electrons. The minimum Gasteiger partial charge on any atom is -0.303 e. The molecular formula is C9H15NO2. The van der Waals surface area contributed by atoms with Crippen LogP contribution in [0.5, 0.6) is 0 Å². The standard InChI is InChI=1S/C9H15NO2/c1-10-5-4-8(3-2-6-11)9(10)7-12/h6-9H,2-5H2,1H3. The molecule has 3 nitrogen and oxygen atoms in total.